The number of hydrogen-bond donors (Lipinski definition) is 1. The summed E-state index contributed by atoms with van der Waals surface area (Å²) >= 11 is 0. The number of alkyl halides is 3. The van der Waals surface area contributed by atoms with Crippen LogP contribution in [-0.2, 0) is 6.18 Å². The largest absolute Gasteiger partial charge is 0.494 e. The molecule has 1 aromatic heterocycles. The first kappa shape index (κ1) is 20.4. The van der Waals surface area contributed by atoms with Crippen LogP contribution >= 0.6 is 0 Å². The quantitative estimate of drug-likeness (QED) is 0.644. The Kier molecular flexibility index (Phi) is 5.91. The Balaban J connectivity index is 1.66. The van der Waals surface area contributed by atoms with Gasteiger partial charge in [0, 0.05) is 11.8 Å². The van der Waals surface area contributed by atoms with Gasteiger partial charge in [0.2, 0.25) is 0 Å². The maximum Gasteiger partial charge on any atom is 0.435 e. The lowest BCUT2D eigenvalue weighted by molar-refractivity contribution is -0.141. The second-order valence-electron chi connectivity index (χ2n) is 6.39. The Labute approximate surface area is 166 Å². The Morgan fingerprint density at radius 2 is 1.76 bits per heavy atom. The number of nitrogens with one attached hydrogen (secondary N) is 1. The normalized spacial score (nSPS) is 12.4. The molecule has 1 unspecified atom stereocenters. The number of halogens is 3. The number of nitrogens with zero attached hydrogens (tertiary/aromatic N) is 2. The lowest BCUT2D eigenvalue weighted by Gasteiger charge is -2.15. The van der Waals surface area contributed by atoms with Crippen LogP contribution < -0.4 is 10.1 Å². The van der Waals surface area contributed by atoms with Crippen molar-refractivity contribution in [3.05, 3.63) is 77.6 Å². The topological polar surface area (TPSA) is 56.1 Å². The standard InChI is InChI=1S/C21H20F3N3O2/c1-3-29-18-10-6-15(7-11-18)14(2)25-20(28)16-4-8-17(9-5-16)27-13-12-19(26-27)21(22,23)24/h4-14H,3H2,1-2H3,(H,25,28). The molecular formula is C21H20F3N3O2. The third-order valence-electron chi connectivity index (χ3n) is 4.31. The predicted octanol–water partition coefficient (Wildman–Crippen LogP) is 4.78. The number of aromatic nitrogens is 2. The van der Waals surface area contributed by atoms with Crippen LogP contribution in [0.1, 0.15) is 41.5 Å². The number of rotatable bonds is 6. The zero-order valence-corrected chi connectivity index (χ0v) is 15.9. The Hall–Kier alpha value is -3.29. The number of carbonyl (C=O) groups excluding carboxylic acids is 1. The molecule has 3 rings (SSSR count). The first-order valence-electron chi connectivity index (χ1n) is 9.05. The van der Waals surface area contributed by atoms with Crippen LogP contribution in [0.5, 0.6) is 5.75 Å². The van der Waals surface area contributed by atoms with Crippen LogP contribution in [0.15, 0.2) is 60.8 Å². The molecule has 2 aromatic carbocycles. The van der Waals surface area contributed by atoms with Crippen molar-refractivity contribution >= 4 is 5.91 Å². The molecule has 152 valence electrons. The number of amides is 1. The summed E-state index contributed by atoms with van der Waals surface area (Å²) in [6.45, 7) is 4.35. The van der Waals surface area contributed by atoms with Crippen LogP contribution in [0.4, 0.5) is 13.2 Å². The molecule has 29 heavy (non-hydrogen) atoms. The molecule has 3 aromatic rings. The van der Waals surface area contributed by atoms with Crippen molar-refractivity contribution in [2.45, 2.75) is 26.1 Å². The van der Waals surface area contributed by atoms with Crippen molar-refractivity contribution in [1.29, 1.82) is 0 Å². The monoisotopic (exact) mass is 403 g/mol. The minimum atomic E-state index is -4.50. The molecule has 8 heteroatoms. The van der Waals surface area contributed by atoms with Crippen LogP contribution in [0.3, 0.4) is 0 Å². The lowest BCUT2D eigenvalue weighted by atomic mass is 10.1. The highest BCUT2D eigenvalue weighted by molar-refractivity contribution is 5.94. The minimum Gasteiger partial charge on any atom is -0.494 e. The smallest absolute Gasteiger partial charge is 0.435 e. The molecule has 0 aliphatic rings. The van der Waals surface area contributed by atoms with Gasteiger partial charge in [0.25, 0.3) is 5.91 Å². The summed E-state index contributed by atoms with van der Waals surface area (Å²) in [5, 5.41) is 6.41. The van der Waals surface area contributed by atoms with Gasteiger partial charge in [-0.05, 0) is 61.9 Å². The predicted molar refractivity (Wildman–Crippen MR) is 102 cm³/mol. The SMILES string of the molecule is CCOc1ccc(C(C)NC(=O)c2ccc(-n3ccc(C(F)(F)F)n3)cc2)cc1. The van der Waals surface area contributed by atoms with E-state index in [1.54, 1.807) is 24.3 Å². The van der Waals surface area contributed by atoms with E-state index in [4.69, 9.17) is 4.74 Å². The van der Waals surface area contributed by atoms with Gasteiger partial charge in [0.05, 0.1) is 18.3 Å². The molecule has 0 aliphatic heterocycles. The molecule has 0 fully saturated rings. The van der Waals surface area contributed by atoms with E-state index in [0.717, 1.165) is 22.1 Å². The van der Waals surface area contributed by atoms with Gasteiger partial charge in [0.1, 0.15) is 5.75 Å². The van der Waals surface area contributed by atoms with E-state index in [0.29, 0.717) is 17.9 Å². The minimum absolute atomic E-state index is 0.224. The van der Waals surface area contributed by atoms with Crippen molar-refractivity contribution in [1.82, 2.24) is 15.1 Å². The first-order chi connectivity index (χ1) is 13.8. The van der Waals surface area contributed by atoms with E-state index in [2.05, 4.69) is 10.4 Å². The summed E-state index contributed by atoms with van der Waals surface area (Å²) in [7, 11) is 0. The fourth-order valence-electron chi connectivity index (χ4n) is 2.77. The Morgan fingerprint density at radius 3 is 2.31 bits per heavy atom. The van der Waals surface area contributed by atoms with Gasteiger partial charge < -0.3 is 10.1 Å². The molecule has 0 bridgehead atoms. The zero-order valence-electron chi connectivity index (χ0n) is 15.9. The van der Waals surface area contributed by atoms with Gasteiger partial charge in [-0.25, -0.2) is 4.68 Å². The van der Waals surface area contributed by atoms with Crippen molar-refractivity contribution in [3.63, 3.8) is 0 Å². The fourth-order valence-corrected chi connectivity index (χ4v) is 2.77. The van der Waals surface area contributed by atoms with Gasteiger partial charge in [-0.1, -0.05) is 12.1 Å². The molecular weight excluding hydrogens is 383 g/mol. The number of hydrogen-bond acceptors (Lipinski definition) is 3. The summed E-state index contributed by atoms with van der Waals surface area (Å²) in [5.41, 5.74) is 0.782. The Morgan fingerprint density at radius 1 is 1.10 bits per heavy atom. The average Bonchev–Trinajstić information content (AvgIpc) is 3.19. The molecule has 0 radical (unpaired) electrons. The second-order valence-corrected chi connectivity index (χ2v) is 6.39. The van der Waals surface area contributed by atoms with Crippen molar-refractivity contribution in [2.75, 3.05) is 6.61 Å². The Bertz CT molecular complexity index is 964. The molecule has 1 amide bonds. The van der Waals surface area contributed by atoms with Gasteiger partial charge in [0.15, 0.2) is 5.69 Å². The van der Waals surface area contributed by atoms with Crippen LogP contribution in [0.25, 0.3) is 5.69 Å². The third kappa shape index (κ3) is 4.96. The van der Waals surface area contributed by atoms with Gasteiger partial charge in [-0.3, -0.25) is 4.79 Å². The molecule has 0 spiro atoms. The van der Waals surface area contributed by atoms with Gasteiger partial charge in [-0.2, -0.15) is 18.3 Å². The molecule has 5 nitrogen and oxygen atoms in total. The second kappa shape index (κ2) is 8.38. The summed E-state index contributed by atoms with van der Waals surface area (Å²) in [4.78, 5) is 12.5. The van der Waals surface area contributed by atoms with E-state index >= 15 is 0 Å². The highest BCUT2D eigenvalue weighted by Crippen LogP contribution is 2.28. The summed E-state index contributed by atoms with van der Waals surface area (Å²) in [6, 6.07) is 14.3. The maximum atomic E-state index is 12.7. The van der Waals surface area contributed by atoms with Crippen molar-refractivity contribution < 1.29 is 22.7 Å². The molecule has 0 aliphatic carbocycles. The van der Waals surface area contributed by atoms with E-state index in [-0.39, 0.29) is 11.9 Å². The van der Waals surface area contributed by atoms with Gasteiger partial charge >= 0.3 is 6.18 Å². The van der Waals surface area contributed by atoms with Crippen LogP contribution in [0.2, 0.25) is 0 Å². The summed E-state index contributed by atoms with van der Waals surface area (Å²) in [5.74, 6) is 0.479. The van der Waals surface area contributed by atoms with Crippen molar-refractivity contribution in [3.8, 4) is 11.4 Å². The summed E-state index contributed by atoms with van der Waals surface area (Å²) < 4.78 is 44.5. The van der Waals surface area contributed by atoms with E-state index in [1.165, 1.54) is 6.20 Å². The highest BCUT2D eigenvalue weighted by Gasteiger charge is 2.33. The first-order valence-corrected chi connectivity index (χ1v) is 9.05. The van der Waals surface area contributed by atoms with E-state index in [1.807, 2.05) is 38.1 Å². The third-order valence-corrected chi connectivity index (χ3v) is 4.31. The van der Waals surface area contributed by atoms with Crippen LogP contribution in [-0.4, -0.2) is 22.3 Å². The molecule has 0 saturated heterocycles. The highest BCUT2D eigenvalue weighted by atomic mass is 19.4. The molecule has 1 heterocycles. The molecule has 1 N–H and O–H groups in total. The van der Waals surface area contributed by atoms with E-state index < -0.39 is 11.9 Å². The molecule has 0 saturated carbocycles. The number of ether oxygens (including phenoxy) is 1. The van der Waals surface area contributed by atoms with Gasteiger partial charge in [-0.15, -0.1) is 0 Å². The van der Waals surface area contributed by atoms with Crippen LogP contribution in [0, 0.1) is 0 Å². The molecule has 1 atom stereocenters. The lowest BCUT2D eigenvalue weighted by Crippen LogP contribution is -2.26. The fraction of sp³-hybridized carbons (Fsp3) is 0.238. The number of carbonyl (C=O) groups is 1. The zero-order chi connectivity index (χ0) is 21.0. The maximum absolute atomic E-state index is 12.7. The summed E-state index contributed by atoms with van der Waals surface area (Å²) in [6.07, 6.45) is -3.27. The number of benzene rings is 2. The average molecular weight is 403 g/mol. The van der Waals surface area contributed by atoms with Crippen molar-refractivity contribution in [2.24, 2.45) is 0 Å². The van der Waals surface area contributed by atoms with E-state index in [9.17, 15) is 18.0 Å².